The number of para-hydroxylation sites is 1. The number of hydrogen-bond donors (Lipinski definition) is 0. The van der Waals surface area contributed by atoms with E-state index in [9.17, 15) is 9.59 Å². The second-order valence-electron chi connectivity index (χ2n) is 4.85. The normalized spacial score (nSPS) is 10.2. The Morgan fingerprint density at radius 2 is 1.60 bits per heavy atom. The van der Waals surface area contributed by atoms with Crippen LogP contribution in [0.2, 0.25) is 0 Å². The number of amides is 1. The van der Waals surface area contributed by atoms with Crippen molar-refractivity contribution in [2.45, 2.75) is 13.8 Å². The molecule has 0 saturated carbocycles. The van der Waals surface area contributed by atoms with Gasteiger partial charge in [0, 0.05) is 18.3 Å². The molecule has 0 aromatic heterocycles. The van der Waals surface area contributed by atoms with Crippen LogP contribution in [0.15, 0.2) is 48.5 Å². The fourth-order valence-electron chi connectivity index (χ4n) is 2.02. The minimum Gasteiger partial charge on any atom is -0.309 e. The predicted molar refractivity (Wildman–Crippen MR) is 80.1 cm³/mol. The predicted octanol–water partition coefficient (Wildman–Crippen LogP) is 3.15. The Balaban J connectivity index is 2.29. The van der Waals surface area contributed by atoms with Gasteiger partial charge in [0.1, 0.15) is 0 Å². The number of benzene rings is 2. The number of aryl methyl sites for hydroxylation is 2. The molecule has 0 aliphatic heterocycles. The van der Waals surface area contributed by atoms with Crippen LogP contribution in [0.25, 0.3) is 0 Å². The number of hydrogen-bond acceptors (Lipinski definition) is 2. The van der Waals surface area contributed by atoms with Gasteiger partial charge in [-0.05, 0) is 37.6 Å². The van der Waals surface area contributed by atoms with Gasteiger partial charge in [0.25, 0.3) is 11.7 Å². The van der Waals surface area contributed by atoms with E-state index in [1.54, 1.807) is 25.2 Å². The SMILES string of the molecule is Cc1ccc(C)c(C(=O)C(=O)N(C)c2ccccc2)c1. The Labute approximate surface area is 118 Å². The zero-order valence-electron chi connectivity index (χ0n) is 11.9. The van der Waals surface area contributed by atoms with Crippen molar-refractivity contribution in [3.63, 3.8) is 0 Å². The van der Waals surface area contributed by atoms with Crippen molar-refractivity contribution < 1.29 is 9.59 Å². The summed E-state index contributed by atoms with van der Waals surface area (Å²) in [7, 11) is 1.61. The second-order valence-corrected chi connectivity index (χ2v) is 4.85. The van der Waals surface area contributed by atoms with Crippen LogP contribution in [0, 0.1) is 13.8 Å². The molecule has 2 aromatic carbocycles. The molecule has 1 amide bonds. The van der Waals surface area contributed by atoms with Crippen LogP contribution in [-0.4, -0.2) is 18.7 Å². The molecule has 0 unspecified atom stereocenters. The number of likely N-dealkylation sites (N-methyl/N-ethyl adjacent to an activating group) is 1. The van der Waals surface area contributed by atoms with Crippen molar-refractivity contribution in [3.8, 4) is 0 Å². The molecule has 0 N–H and O–H groups in total. The van der Waals surface area contributed by atoms with E-state index in [-0.39, 0.29) is 0 Å². The van der Waals surface area contributed by atoms with Crippen LogP contribution >= 0.6 is 0 Å². The minimum atomic E-state index is -0.523. The van der Waals surface area contributed by atoms with E-state index in [1.807, 2.05) is 44.2 Å². The summed E-state index contributed by atoms with van der Waals surface area (Å²) >= 11 is 0. The van der Waals surface area contributed by atoms with E-state index < -0.39 is 11.7 Å². The summed E-state index contributed by atoms with van der Waals surface area (Å²) in [6, 6.07) is 14.7. The Bertz CT molecular complexity index is 647. The molecule has 0 saturated heterocycles. The van der Waals surface area contributed by atoms with E-state index in [1.165, 1.54) is 4.90 Å². The Kier molecular flexibility index (Phi) is 3.99. The monoisotopic (exact) mass is 267 g/mol. The van der Waals surface area contributed by atoms with Crippen LogP contribution in [0.1, 0.15) is 21.5 Å². The molecule has 0 fully saturated rings. The van der Waals surface area contributed by atoms with Crippen molar-refractivity contribution in [3.05, 3.63) is 65.2 Å². The zero-order chi connectivity index (χ0) is 14.7. The van der Waals surface area contributed by atoms with Gasteiger partial charge in [0.05, 0.1) is 0 Å². The number of ketones is 1. The van der Waals surface area contributed by atoms with Crippen LogP contribution in [0.3, 0.4) is 0 Å². The van der Waals surface area contributed by atoms with E-state index in [0.29, 0.717) is 11.3 Å². The minimum absolute atomic E-state index is 0.470. The lowest BCUT2D eigenvalue weighted by atomic mass is 10.0. The van der Waals surface area contributed by atoms with Gasteiger partial charge in [-0.15, -0.1) is 0 Å². The third-order valence-corrected chi connectivity index (χ3v) is 3.28. The Morgan fingerprint density at radius 1 is 0.950 bits per heavy atom. The molecule has 0 heterocycles. The summed E-state index contributed by atoms with van der Waals surface area (Å²) in [6.07, 6.45) is 0. The van der Waals surface area contributed by atoms with Gasteiger partial charge in [-0.25, -0.2) is 0 Å². The van der Waals surface area contributed by atoms with E-state index in [0.717, 1.165) is 11.1 Å². The third kappa shape index (κ3) is 2.77. The van der Waals surface area contributed by atoms with E-state index in [2.05, 4.69) is 0 Å². The molecule has 3 nitrogen and oxygen atoms in total. The molecule has 2 rings (SSSR count). The molecule has 20 heavy (non-hydrogen) atoms. The molecule has 0 aliphatic rings. The number of carbonyl (C=O) groups excluding carboxylic acids is 2. The Morgan fingerprint density at radius 3 is 2.25 bits per heavy atom. The van der Waals surface area contributed by atoms with Crippen molar-refractivity contribution >= 4 is 17.4 Å². The topological polar surface area (TPSA) is 37.4 Å². The lowest BCUT2D eigenvalue weighted by Crippen LogP contribution is -2.33. The van der Waals surface area contributed by atoms with Gasteiger partial charge < -0.3 is 4.90 Å². The third-order valence-electron chi connectivity index (χ3n) is 3.28. The van der Waals surface area contributed by atoms with Crippen LogP contribution < -0.4 is 4.90 Å². The number of Topliss-reactive ketones (excluding diaryl/α,β-unsaturated/α-hetero) is 1. The maximum absolute atomic E-state index is 12.3. The second kappa shape index (κ2) is 5.70. The molecule has 3 heteroatoms. The number of rotatable bonds is 3. The number of anilines is 1. The first kappa shape index (κ1) is 14.0. The fraction of sp³-hybridized carbons (Fsp3) is 0.176. The van der Waals surface area contributed by atoms with Crippen molar-refractivity contribution in [1.29, 1.82) is 0 Å². The van der Waals surface area contributed by atoms with Crippen LogP contribution in [-0.2, 0) is 4.79 Å². The van der Waals surface area contributed by atoms with Crippen molar-refractivity contribution in [2.75, 3.05) is 11.9 Å². The molecule has 2 aromatic rings. The average molecular weight is 267 g/mol. The first-order valence-corrected chi connectivity index (χ1v) is 6.45. The first-order chi connectivity index (χ1) is 9.50. The summed E-state index contributed by atoms with van der Waals surface area (Å²) in [5.41, 5.74) is 2.96. The number of carbonyl (C=O) groups is 2. The smallest absolute Gasteiger partial charge is 0.299 e. The first-order valence-electron chi connectivity index (χ1n) is 6.45. The van der Waals surface area contributed by atoms with Crippen LogP contribution in [0.4, 0.5) is 5.69 Å². The standard InChI is InChI=1S/C17H17NO2/c1-12-9-10-13(2)15(11-12)16(19)17(20)18(3)14-7-5-4-6-8-14/h4-11H,1-3H3. The van der Waals surface area contributed by atoms with Gasteiger partial charge in [-0.2, -0.15) is 0 Å². The lowest BCUT2D eigenvalue weighted by Gasteiger charge is -2.17. The molecule has 0 radical (unpaired) electrons. The average Bonchev–Trinajstić information content (AvgIpc) is 2.48. The summed E-state index contributed by atoms with van der Waals surface area (Å²) in [5.74, 6) is -0.998. The van der Waals surface area contributed by atoms with Crippen molar-refractivity contribution in [2.24, 2.45) is 0 Å². The molecule has 0 spiro atoms. The fourth-order valence-corrected chi connectivity index (χ4v) is 2.02. The van der Waals surface area contributed by atoms with E-state index >= 15 is 0 Å². The number of nitrogens with zero attached hydrogens (tertiary/aromatic N) is 1. The van der Waals surface area contributed by atoms with Gasteiger partial charge in [-0.1, -0.05) is 35.9 Å². The highest BCUT2D eigenvalue weighted by Crippen LogP contribution is 2.16. The summed E-state index contributed by atoms with van der Waals surface area (Å²) in [4.78, 5) is 26.0. The molecule has 0 bridgehead atoms. The molecular formula is C17H17NO2. The molecular weight excluding hydrogens is 250 g/mol. The largest absolute Gasteiger partial charge is 0.309 e. The van der Waals surface area contributed by atoms with Gasteiger partial charge >= 0.3 is 0 Å². The summed E-state index contributed by atoms with van der Waals surface area (Å²) in [6.45, 7) is 3.74. The van der Waals surface area contributed by atoms with Crippen LogP contribution in [0.5, 0.6) is 0 Å². The van der Waals surface area contributed by atoms with Gasteiger partial charge in [0.15, 0.2) is 0 Å². The molecule has 102 valence electrons. The highest BCUT2D eigenvalue weighted by atomic mass is 16.2. The lowest BCUT2D eigenvalue weighted by molar-refractivity contribution is -0.114. The van der Waals surface area contributed by atoms with Gasteiger partial charge in [-0.3, -0.25) is 9.59 Å². The highest BCUT2D eigenvalue weighted by Gasteiger charge is 2.22. The van der Waals surface area contributed by atoms with Crippen molar-refractivity contribution in [1.82, 2.24) is 0 Å². The maximum Gasteiger partial charge on any atom is 0.299 e. The van der Waals surface area contributed by atoms with E-state index in [4.69, 9.17) is 0 Å². The quantitative estimate of drug-likeness (QED) is 0.633. The molecule has 0 atom stereocenters. The highest BCUT2D eigenvalue weighted by molar-refractivity contribution is 6.47. The summed E-state index contributed by atoms with van der Waals surface area (Å²) < 4.78 is 0. The Hall–Kier alpha value is -2.42. The summed E-state index contributed by atoms with van der Waals surface area (Å²) in [5, 5.41) is 0. The maximum atomic E-state index is 12.3. The molecule has 0 aliphatic carbocycles. The van der Waals surface area contributed by atoms with Gasteiger partial charge in [0.2, 0.25) is 0 Å². The zero-order valence-corrected chi connectivity index (χ0v) is 11.9.